The van der Waals surface area contributed by atoms with Crippen molar-refractivity contribution in [3.05, 3.63) is 78.4 Å². The van der Waals surface area contributed by atoms with Crippen molar-refractivity contribution in [3.8, 4) is 5.75 Å². The number of hydrogen-bond acceptors (Lipinski definition) is 4. The fraction of sp³-hybridized carbons (Fsp3) is 0.348. The van der Waals surface area contributed by atoms with Gasteiger partial charge in [0.05, 0.1) is 6.04 Å². The minimum atomic E-state index is -0.116. The van der Waals surface area contributed by atoms with Crippen LogP contribution in [0.15, 0.2) is 67.3 Å². The second-order valence-corrected chi connectivity index (χ2v) is 7.07. The summed E-state index contributed by atoms with van der Waals surface area (Å²) < 4.78 is 5.75. The lowest BCUT2D eigenvalue weighted by Gasteiger charge is -2.22. The predicted molar refractivity (Wildman–Crippen MR) is 112 cm³/mol. The molecule has 1 fully saturated rings. The van der Waals surface area contributed by atoms with E-state index in [0.29, 0.717) is 13.2 Å². The highest BCUT2D eigenvalue weighted by Crippen LogP contribution is 2.23. The Hall–Kier alpha value is -2.63. The molecule has 0 spiro atoms. The molecule has 0 unspecified atom stereocenters. The van der Waals surface area contributed by atoms with Crippen LogP contribution in [0.1, 0.15) is 17.5 Å². The van der Waals surface area contributed by atoms with E-state index in [-0.39, 0.29) is 18.0 Å². The maximum Gasteiger partial charge on any atom is 0.237 e. The lowest BCUT2D eigenvalue weighted by atomic mass is 10.1. The van der Waals surface area contributed by atoms with Gasteiger partial charge in [0.1, 0.15) is 12.4 Å². The molecule has 0 aliphatic carbocycles. The Morgan fingerprint density at radius 3 is 2.71 bits per heavy atom. The third-order valence-corrected chi connectivity index (χ3v) is 5.09. The first-order chi connectivity index (χ1) is 13.7. The normalized spacial score (nSPS) is 19.3. The Bertz CT molecular complexity index is 778. The Balaban J connectivity index is 1.63. The molecule has 2 N–H and O–H groups in total. The number of nitrogens with one attached hydrogen (secondary N) is 2. The Kier molecular flexibility index (Phi) is 7.23. The summed E-state index contributed by atoms with van der Waals surface area (Å²) in [7, 11) is 1.71. The van der Waals surface area contributed by atoms with E-state index >= 15 is 0 Å². The van der Waals surface area contributed by atoms with Crippen LogP contribution >= 0.6 is 0 Å². The number of benzene rings is 2. The van der Waals surface area contributed by atoms with Crippen molar-refractivity contribution >= 4 is 5.91 Å². The van der Waals surface area contributed by atoms with Gasteiger partial charge in [0.2, 0.25) is 5.91 Å². The Morgan fingerprint density at radius 1 is 1.21 bits per heavy atom. The molecule has 28 heavy (non-hydrogen) atoms. The number of ether oxygens (including phenoxy) is 1. The monoisotopic (exact) mass is 379 g/mol. The zero-order chi connectivity index (χ0) is 19.8. The first kappa shape index (κ1) is 20.1. The quantitative estimate of drug-likeness (QED) is 0.658. The third kappa shape index (κ3) is 5.21. The van der Waals surface area contributed by atoms with Gasteiger partial charge in [-0.15, -0.1) is 0 Å². The number of likely N-dealkylation sites (N-methyl/N-ethyl adjacent to an activating group) is 1. The molecule has 2 aromatic rings. The van der Waals surface area contributed by atoms with Gasteiger partial charge in [-0.1, -0.05) is 61.2 Å². The number of hydrogen-bond donors (Lipinski definition) is 2. The molecular weight excluding hydrogens is 350 g/mol. The fourth-order valence-electron chi connectivity index (χ4n) is 3.68. The number of rotatable bonds is 9. The van der Waals surface area contributed by atoms with E-state index in [1.165, 1.54) is 5.56 Å². The standard InChI is InChI=1S/C23H29N3O2/c1-3-13-28-22-12-8-7-11-19(22)15-25-20-14-21(23(27)24-2)26(17-20)16-18-9-5-4-6-10-18/h3-12,20-21,25H,1,13-17H2,2H3,(H,24,27)/t20-,21+/m1/s1. The smallest absolute Gasteiger partial charge is 0.237 e. The summed E-state index contributed by atoms with van der Waals surface area (Å²) in [4.78, 5) is 14.7. The largest absolute Gasteiger partial charge is 0.489 e. The molecule has 148 valence electrons. The molecule has 2 aromatic carbocycles. The number of amides is 1. The summed E-state index contributed by atoms with van der Waals surface area (Å²) in [5.41, 5.74) is 2.34. The second-order valence-electron chi connectivity index (χ2n) is 7.07. The van der Waals surface area contributed by atoms with Crippen LogP contribution < -0.4 is 15.4 Å². The van der Waals surface area contributed by atoms with Crippen LogP contribution in [0.4, 0.5) is 0 Å². The molecule has 3 rings (SSSR count). The molecule has 5 nitrogen and oxygen atoms in total. The van der Waals surface area contributed by atoms with Gasteiger partial charge in [0, 0.05) is 38.3 Å². The first-order valence-corrected chi connectivity index (χ1v) is 9.75. The van der Waals surface area contributed by atoms with Crippen LogP contribution in [-0.2, 0) is 17.9 Å². The highest BCUT2D eigenvalue weighted by Gasteiger charge is 2.36. The Morgan fingerprint density at radius 2 is 1.96 bits per heavy atom. The fourth-order valence-corrected chi connectivity index (χ4v) is 3.68. The summed E-state index contributed by atoms with van der Waals surface area (Å²) in [5, 5.41) is 6.42. The van der Waals surface area contributed by atoms with Crippen molar-refractivity contribution in [1.82, 2.24) is 15.5 Å². The maximum atomic E-state index is 12.4. The molecule has 1 aliphatic heterocycles. The van der Waals surface area contributed by atoms with Crippen LogP contribution in [0.25, 0.3) is 0 Å². The predicted octanol–water partition coefficient (Wildman–Crippen LogP) is 2.73. The van der Waals surface area contributed by atoms with E-state index in [0.717, 1.165) is 30.8 Å². The van der Waals surface area contributed by atoms with Gasteiger partial charge in [0.15, 0.2) is 0 Å². The van der Waals surface area contributed by atoms with Gasteiger partial charge in [-0.3, -0.25) is 9.69 Å². The van der Waals surface area contributed by atoms with Gasteiger partial charge in [-0.25, -0.2) is 0 Å². The number of carbonyl (C=O) groups excluding carboxylic acids is 1. The summed E-state index contributed by atoms with van der Waals surface area (Å²) in [6, 6.07) is 18.5. The van der Waals surface area contributed by atoms with E-state index in [9.17, 15) is 4.79 Å². The molecule has 0 radical (unpaired) electrons. The van der Waals surface area contributed by atoms with Crippen molar-refractivity contribution in [2.45, 2.75) is 31.6 Å². The van der Waals surface area contributed by atoms with Crippen molar-refractivity contribution in [3.63, 3.8) is 0 Å². The zero-order valence-electron chi connectivity index (χ0n) is 16.4. The van der Waals surface area contributed by atoms with Gasteiger partial charge in [-0.05, 0) is 18.1 Å². The summed E-state index contributed by atoms with van der Waals surface area (Å²) in [5.74, 6) is 0.951. The average Bonchev–Trinajstić information content (AvgIpc) is 3.14. The highest BCUT2D eigenvalue weighted by molar-refractivity contribution is 5.81. The van der Waals surface area contributed by atoms with Crippen molar-refractivity contribution < 1.29 is 9.53 Å². The molecule has 1 aliphatic rings. The summed E-state index contributed by atoms with van der Waals surface area (Å²) in [6.45, 7) is 6.51. The van der Waals surface area contributed by atoms with Crippen molar-refractivity contribution in [2.24, 2.45) is 0 Å². The second kappa shape index (κ2) is 10.1. The molecule has 1 amide bonds. The lowest BCUT2D eigenvalue weighted by molar-refractivity contribution is -0.125. The van der Waals surface area contributed by atoms with Gasteiger partial charge in [-0.2, -0.15) is 0 Å². The van der Waals surface area contributed by atoms with E-state index in [2.05, 4.69) is 40.3 Å². The molecule has 1 saturated heterocycles. The Labute approximate surface area is 167 Å². The molecule has 2 atom stereocenters. The highest BCUT2D eigenvalue weighted by atomic mass is 16.5. The van der Waals surface area contributed by atoms with Crippen LogP contribution in [0, 0.1) is 0 Å². The molecule has 0 bridgehead atoms. The molecular formula is C23H29N3O2. The third-order valence-electron chi connectivity index (χ3n) is 5.09. The van der Waals surface area contributed by atoms with E-state index in [1.54, 1.807) is 13.1 Å². The molecule has 5 heteroatoms. The number of likely N-dealkylation sites (tertiary alicyclic amines) is 1. The van der Waals surface area contributed by atoms with Crippen LogP contribution in [0.2, 0.25) is 0 Å². The van der Waals surface area contributed by atoms with Crippen LogP contribution in [0.3, 0.4) is 0 Å². The average molecular weight is 380 g/mol. The molecule has 0 saturated carbocycles. The first-order valence-electron chi connectivity index (χ1n) is 9.75. The summed E-state index contributed by atoms with van der Waals surface area (Å²) in [6.07, 6.45) is 2.54. The van der Waals surface area contributed by atoms with Gasteiger partial charge >= 0.3 is 0 Å². The molecule has 1 heterocycles. The number of nitrogens with zero attached hydrogens (tertiary/aromatic N) is 1. The van der Waals surface area contributed by atoms with E-state index in [4.69, 9.17) is 4.74 Å². The van der Waals surface area contributed by atoms with Gasteiger partial charge < -0.3 is 15.4 Å². The van der Waals surface area contributed by atoms with Gasteiger partial charge in [0.25, 0.3) is 0 Å². The topological polar surface area (TPSA) is 53.6 Å². The van der Waals surface area contributed by atoms with Crippen LogP contribution in [-0.4, -0.2) is 43.1 Å². The van der Waals surface area contributed by atoms with Crippen molar-refractivity contribution in [1.29, 1.82) is 0 Å². The zero-order valence-corrected chi connectivity index (χ0v) is 16.4. The van der Waals surface area contributed by atoms with E-state index < -0.39 is 0 Å². The minimum absolute atomic E-state index is 0.0787. The number of para-hydroxylation sites is 1. The molecule has 0 aromatic heterocycles. The van der Waals surface area contributed by atoms with E-state index in [1.807, 2.05) is 36.4 Å². The maximum absolute atomic E-state index is 12.4. The summed E-state index contributed by atoms with van der Waals surface area (Å²) >= 11 is 0. The van der Waals surface area contributed by atoms with Crippen LogP contribution in [0.5, 0.6) is 5.75 Å². The SMILES string of the molecule is C=CCOc1ccccc1CN[C@@H]1C[C@@H](C(=O)NC)N(Cc2ccccc2)C1. The lowest BCUT2D eigenvalue weighted by Crippen LogP contribution is -2.41. The van der Waals surface area contributed by atoms with Crippen molar-refractivity contribution in [2.75, 3.05) is 20.2 Å². The number of carbonyl (C=O) groups is 1. The minimum Gasteiger partial charge on any atom is -0.489 e.